The van der Waals surface area contributed by atoms with Gasteiger partial charge in [0, 0.05) is 34.0 Å². The molecule has 1 fully saturated rings. The van der Waals surface area contributed by atoms with Crippen LogP contribution in [0.15, 0.2) is 29.2 Å². The summed E-state index contributed by atoms with van der Waals surface area (Å²) in [5.41, 5.74) is 0.739. The van der Waals surface area contributed by atoms with Gasteiger partial charge in [-0.15, -0.1) is 12.6 Å². The maximum atomic E-state index is 12.4. The number of thiol groups is 1. The molecule has 1 saturated heterocycles. The smallest absolute Gasteiger partial charge is 0.254 e. The summed E-state index contributed by atoms with van der Waals surface area (Å²) in [6.07, 6.45) is 0. The van der Waals surface area contributed by atoms with Crippen molar-refractivity contribution in [3.8, 4) is 0 Å². The van der Waals surface area contributed by atoms with Crippen LogP contribution in [-0.2, 0) is 0 Å². The predicted molar refractivity (Wildman–Crippen MR) is 76.1 cm³/mol. The van der Waals surface area contributed by atoms with E-state index in [1.807, 2.05) is 40.9 Å². The fourth-order valence-electron chi connectivity index (χ4n) is 2.02. The molecule has 17 heavy (non-hydrogen) atoms. The van der Waals surface area contributed by atoms with Gasteiger partial charge in [-0.05, 0) is 25.1 Å². The van der Waals surface area contributed by atoms with Crippen LogP contribution >= 0.6 is 24.4 Å². The van der Waals surface area contributed by atoms with E-state index < -0.39 is 0 Å². The summed E-state index contributed by atoms with van der Waals surface area (Å²) in [7, 11) is 0. The van der Waals surface area contributed by atoms with Crippen LogP contribution in [0, 0.1) is 0 Å². The van der Waals surface area contributed by atoms with Crippen LogP contribution in [0.1, 0.15) is 24.2 Å². The van der Waals surface area contributed by atoms with Crippen molar-refractivity contribution in [3.63, 3.8) is 0 Å². The lowest BCUT2D eigenvalue weighted by Gasteiger charge is -2.37. The van der Waals surface area contributed by atoms with Gasteiger partial charge >= 0.3 is 0 Å². The second-order valence-corrected chi connectivity index (χ2v) is 6.37. The summed E-state index contributed by atoms with van der Waals surface area (Å²) in [4.78, 5) is 15.2. The van der Waals surface area contributed by atoms with Gasteiger partial charge in [-0.3, -0.25) is 4.79 Å². The minimum absolute atomic E-state index is 0.126. The van der Waals surface area contributed by atoms with Crippen molar-refractivity contribution in [1.82, 2.24) is 4.90 Å². The van der Waals surface area contributed by atoms with Crippen molar-refractivity contribution in [2.45, 2.75) is 30.0 Å². The van der Waals surface area contributed by atoms with E-state index in [4.69, 9.17) is 0 Å². The molecule has 1 aliphatic rings. The van der Waals surface area contributed by atoms with Crippen molar-refractivity contribution in [2.75, 3.05) is 12.3 Å². The maximum Gasteiger partial charge on any atom is 0.254 e. The maximum absolute atomic E-state index is 12.4. The molecule has 1 aromatic rings. The average Bonchev–Trinajstić information content (AvgIpc) is 2.32. The van der Waals surface area contributed by atoms with Gasteiger partial charge < -0.3 is 4.90 Å². The van der Waals surface area contributed by atoms with Gasteiger partial charge in [-0.2, -0.15) is 11.8 Å². The molecule has 2 nitrogen and oxygen atoms in total. The number of hydrogen-bond acceptors (Lipinski definition) is 3. The Hall–Kier alpha value is -0.610. The first kappa shape index (κ1) is 12.8. The zero-order valence-corrected chi connectivity index (χ0v) is 11.8. The Morgan fingerprint density at radius 3 is 2.94 bits per heavy atom. The predicted octanol–water partition coefficient (Wildman–Crippen LogP) is 2.94. The highest BCUT2D eigenvalue weighted by Gasteiger charge is 2.29. The van der Waals surface area contributed by atoms with Gasteiger partial charge in [0.2, 0.25) is 0 Å². The number of carbonyl (C=O) groups excluding carboxylic acids is 1. The normalized spacial score (nSPS) is 24.8. The van der Waals surface area contributed by atoms with Gasteiger partial charge in [0.05, 0.1) is 0 Å². The lowest BCUT2D eigenvalue weighted by Crippen LogP contribution is -2.47. The fraction of sp³-hybridized carbons (Fsp3) is 0.462. The fourth-order valence-corrected chi connectivity index (χ4v) is 3.35. The molecule has 2 rings (SSSR count). The quantitative estimate of drug-likeness (QED) is 0.790. The Kier molecular flexibility index (Phi) is 4.05. The molecule has 1 heterocycles. The molecule has 0 radical (unpaired) electrons. The van der Waals surface area contributed by atoms with Crippen LogP contribution in [0.5, 0.6) is 0 Å². The Labute approximate surface area is 112 Å². The molecule has 0 aromatic heterocycles. The Morgan fingerprint density at radius 2 is 2.24 bits per heavy atom. The highest BCUT2D eigenvalue weighted by molar-refractivity contribution is 8.00. The van der Waals surface area contributed by atoms with Crippen molar-refractivity contribution >= 4 is 30.3 Å². The third-order valence-electron chi connectivity index (χ3n) is 3.24. The lowest BCUT2D eigenvalue weighted by atomic mass is 10.1. The Morgan fingerprint density at radius 1 is 1.47 bits per heavy atom. The number of carbonyl (C=O) groups is 1. The van der Waals surface area contributed by atoms with Crippen LogP contribution in [-0.4, -0.2) is 34.4 Å². The molecule has 92 valence electrons. The zero-order valence-electron chi connectivity index (χ0n) is 10.1. The van der Waals surface area contributed by atoms with Crippen LogP contribution in [0.2, 0.25) is 0 Å². The van der Waals surface area contributed by atoms with Gasteiger partial charge in [-0.25, -0.2) is 0 Å². The molecule has 2 atom stereocenters. The number of benzene rings is 1. The van der Waals surface area contributed by atoms with Gasteiger partial charge in [0.15, 0.2) is 0 Å². The minimum Gasteiger partial charge on any atom is -0.334 e. The first-order chi connectivity index (χ1) is 8.09. The van der Waals surface area contributed by atoms with Gasteiger partial charge in [-0.1, -0.05) is 13.0 Å². The van der Waals surface area contributed by atoms with Crippen LogP contribution < -0.4 is 0 Å². The molecular formula is C13H17NOS2. The highest BCUT2D eigenvalue weighted by atomic mass is 32.2. The molecule has 0 N–H and O–H groups in total. The van der Waals surface area contributed by atoms with Crippen LogP contribution in [0.25, 0.3) is 0 Å². The van der Waals surface area contributed by atoms with E-state index >= 15 is 0 Å². The first-order valence-corrected chi connectivity index (χ1v) is 7.31. The first-order valence-electron chi connectivity index (χ1n) is 5.81. The number of thioether (sulfide) groups is 1. The van der Waals surface area contributed by atoms with Crippen molar-refractivity contribution < 1.29 is 4.79 Å². The number of rotatable bonds is 1. The Balaban J connectivity index is 2.19. The zero-order chi connectivity index (χ0) is 12.4. The topological polar surface area (TPSA) is 20.3 Å². The molecule has 0 bridgehead atoms. The van der Waals surface area contributed by atoms with Gasteiger partial charge in [0.25, 0.3) is 5.91 Å². The molecule has 0 aliphatic carbocycles. The third kappa shape index (κ3) is 2.80. The summed E-state index contributed by atoms with van der Waals surface area (Å²) in [6.45, 7) is 5.15. The van der Waals surface area contributed by atoms with E-state index in [0.717, 1.165) is 22.8 Å². The molecular weight excluding hydrogens is 250 g/mol. The summed E-state index contributed by atoms with van der Waals surface area (Å²) in [6, 6.07) is 7.76. The second kappa shape index (κ2) is 5.36. The van der Waals surface area contributed by atoms with E-state index in [0.29, 0.717) is 11.3 Å². The molecule has 0 saturated carbocycles. The van der Waals surface area contributed by atoms with Crippen LogP contribution in [0.3, 0.4) is 0 Å². The van der Waals surface area contributed by atoms with E-state index in [1.165, 1.54) is 0 Å². The number of nitrogens with zero attached hydrogens (tertiary/aromatic N) is 1. The molecule has 1 aromatic carbocycles. The van der Waals surface area contributed by atoms with Crippen molar-refractivity contribution in [2.24, 2.45) is 0 Å². The number of amides is 1. The minimum atomic E-state index is 0.126. The highest BCUT2D eigenvalue weighted by Crippen LogP contribution is 2.25. The molecule has 4 heteroatoms. The summed E-state index contributed by atoms with van der Waals surface area (Å²) in [5, 5.41) is 0.506. The average molecular weight is 267 g/mol. The summed E-state index contributed by atoms with van der Waals surface area (Å²) in [5.74, 6) is 1.15. The third-order valence-corrected chi connectivity index (χ3v) is 4.85. The Bertz CT molecular complexity index is 422. The number of hydrogen-bond donors (Lipinski definition) is 1. The summed E-state index contributed by atoms with van der Waals surface area (Å²) >= 11 is 6.21. The summed E-state index contributed by atoms with van der Waals surface area (Å²) < 4.78 is 0. The van der Waals surface area contributed by atoms with Crippen LogP contribution in [0.4, 0.5) is 0 Å². The largest absolute Gasteiger partial charge is 0.334 e. The second-order valence-electron chi connectivity index (χ2n) is 4.37. The molecule has 2 unspecified atom stereocenters. The monoisotopic (exact) mass is 267 g/mol. The van der Waals surface area contributed by atoms with Gasteiger partial charge in [0.1, 0.15) is 0 Å². The molecule has 1 amide bonds. The standard InChI is InChI=1S/C13H17NOS2/c1-9-10(2)17-7-6-14(9)13(15)11-4-3-5-12(16)8-11/h3-5,8-10,16H,6-7H2,1-2H3. The van der Waals surface area contributed by atoms with E-state index in [1.54, 1.807) is 0 Å². The van der Waals surface area contributed by atoms with E-state index in [-0.39, 0.29) is 5.91 Å². The van der Waals surface area contributed by atoms with E-state index in [9.17, 15) is 4.79 Å². The SMILES string of the molecule is CC1SCCN(C(=O)c2cccc(S)c2)C1C. The van der Waals surface area contributed by atoms with Crippen molar-refractivity contribution in [3.05, 3.63) is 29.8 Å². The lowest BCUT2D eigenvalue weighted by molar-refractivity contribution is 0.0698. The molecule has 1 aliphatic heterocycles. The molecule has 0 spiro atoms. The van der Waals surface area contributed by atoms with E-state index in [2.05, 4.69) is 26.5 Å². The van der Waals surface area contributed by atoms with Crippen molar-refractivity contribution in [1.29, 1.82) is 0 Å².